The Kier molecular flexibility index (Phi) is 3.84. The Morgan fingerprint density at radius 3 is 2.38 bits per heavy atom. The smallest absolute Gasteiger partial charge is 0.0316 e. The first-order valence-electron chi connectivity index (χ1n) is 7.54. The number of nitrogens with two attached hydrogens (primary N) is 2. The first kappa shape index (κ1) is 14.0. The van der Waals surface area contributed by atoms with Gasteiger partial charge in [-0.3, -0.25) is 0 Å². The molecule has 1 unspecified atom stereocenters. The Hall–Kier alpha value is -2.00. The van der Waals surface area contributed by atoms with Crippen molar-refractivity contribution in [1.82, 2.24) is 4.90 Å². The van der Waals surface area contributed by atoms with E-state index >= 15 is 0 Å². The maximum Gasteiger partial charge on any atom is 0.0316 e. The van der Waals surface area contributed by atoms with Gasteiger partial charge >= 0.3 is 0 Å². The maximum atomic E-state index is 5.88. The van der Waals surface area contributed by atoms with Crippen LogP contribution in [0.25, 0.3) is 0 Å². The molecule has 1 atom stereocenters. The summed E-state index contributed by atoms with van der Waals surface area (Å²) in [4.78, 5) is 2.46. The number of hydrogen-bond donors (Lipinski definition) is 2. The minimum absolute atomic E-state index is 0.593. The number of nitrogen functional groups attached to an aromatic ring is 2. The van der Waals surface area contributed by atoms with Crippen LogP contribution in [0.15, 0.2) is 42.5 Å². The van der Waals surface area contributed by atoms with E-state index in [-0.39, 0.29) is 0 Å². The average molecular weight is 281 g/mol. The Morgan fingerprint density at radius 1 is 0.952 bits per heavy atom. The van der Waals surface area contributed by atoms with Crippen LogP contribution >= 0.6 is 0 Å². The number of likely N-dealkylation sites (N-methyl/N-ethyl adjacent to an activating group) is 1. The van der Waals surface area contributed by atoms with Crippen LogP contribution < -0.4 is 11.5 Å². The van der Waals surface area contributed by atoms with Crippen LogP contribution in [-0.4, -0.2) is 24.5 Å². The number of anilines is 2. The summed E-state index contributed by atoms with van der Waals surface area (Å²) in [6.07, 6.45) is 3.30. The average Bonchev–Trinajstić information content (AvgIpc) is 2.89. The van der Waals surface area contributed by atoms with Gasteiger partial charge in [-0.2, -0.15) is 0 Å². The summed E-state index contributed by atoms with van der Waals surface area (Å²) in [6, 6.07) is 15.1. The quantitative estimate of drug-likeness (QED) is 0.847. The summed E-state index contributed by atoms with van der Waals surface area (Å²) in [5, 5.41) is 0. The van der Waals surface area contributed by atoms with E-state index in [0.717, 1.165) is 37.2 Å². The molecule has 0 aliphatic heterocycles. The topological polar surface area (TPSA) is 55.3 Å². The number of rotatable bonds is 4. The zero-order valence-electron chi connectivity index (χ0n) is 12.5. The predicted molar refractivity (Wildman–Crippen MR) is 89.2 cm³/mol. The second-order valence-electron chi connectivity index (χ2n) is 6.06. The van der Waals surface area contributed by atoms with Gasteiger partial charge in [0.1, 0.15) is 0 Å². The summed E-state index contributed by atoms with van der Waals surface area (Å²) < 4.78 is 0. The predicted octanol–water partition coefficient (Wildman–Crippen LogP) is 2.49. The van der Waals surface area contributed by atoms with Crippen molar-refractivity contribution in [3.63, 3.8) is 0 Å². The van der Waals surface area contributed by atoms with Crippen LogP contribution in [0.2, 0.25) is 0 Å². The van der Waals surface area contributed by atoms with Crippen molar-refractivity contribution in [2.75, 3.05) is 25.1 Å². The molecule has 0 bridgehead atoms. The molecule has 0 saturated heterocycles. The highest BCUT2D eigenvalue weighted by Gasteiger charge is 2.24. The van der Waals surface area contributed by atoms with Gasteiger partial charge in [-0.1, -0.05) is 18.2 Å². The molecule has 0 radical (unpaired) electrons. The molecule has 1 aliphatic carbocycles. The molecule has 110 valence electrons. The molecule has 0 saturated carbocycles. The van der Waals surface area contributed by atoms with Gasteiger partial charge < -0.3 is 16.4 Å². The van der Waals surface area contributed by atoms with Crippen molar-refractivity contribution in [3.8, 4) is 0 Å². The van der Waals surface area contributed by atoms with Gasteiger partial charge in [-0.25, -0.2) is 0 Å². The minimum atomic E-state index is 0.593. The molecule has 0 fully saturated rings. The van der Waals surface area contributed by atoms with Crippen LogP contribution in [0.5, 0.6) is 0 Å². The van der Waals surface area contributed by atoms with Crippen molar-refractivity contribution < 1.29 is 0 Å². The number of benzene rings is 2. The molecule has 0 amide bonds. The largest absolute Gasteiger partial charge is 0.399 e. The van der Waals surface area contributed by atoms with Gasteiger partial charge in [0.25, 0.3) is 0 Å². The fourth-order valence-corrected chi connectivity index (χ4v) is 3.10. The van der Waals surface area contributed by atoms with Crippen LogP contribution in [0.3, 0.4) is 0 Å². The first-order valence-corrected chi connectivity index (χ1v) is 7.54. The van der Waals surface area contributed by atoms with Crippen LogP contribution in [0.4, 0.5) is 11.4 Å². The molecule has 4 N–H and O–H groups in total. The molecule has 2 aromatic carbocycles. The molecule has 0 spiro atoms. The van der Waals surface area contributed by atoms with Crippen molar-refractivity contribution >= 4 is 11.4 Å². The van der Waals surface area contributed by atoms with Gasteiger partial charge in [-0.05, 0) is 67.3 Å². The van der Waals surface area contributed by atoms with Crippen LogP contribution in [0, 0.1) is 0 Å². The van der Waals surface area contributed by atoms with E-state index in [1.165, 1.54) is 16.7 Å². The lowest BCUT2D eigenvalue weighted by Gasteiger charge is -2.24. The molecule has 3 heteroatoms. The Labute approximate surface area is 126 Å². The van der Waals surface area contributed by atoms with Crippen molar-refractivity contribution in [1.29, 1.82) is 0 Å². The third-order valence-corrected chi connectivity index (χ3v) is 4.50. The molecule has 21 heavy (non-hydrogen) atoms. The summed E-state index contributed by atoms with van der Waals surface area (Å²) in [6.45, 7) is 1.07. The van der Waals surface area contributed by atoms with E-state index in [1.807, 2.05) is 18.2 Å². The fraction of sp³-hybridized carbons (Fsp3) is 0.333. The first-order chi connectivity index (χ1) is 10.1. The minimum Gasteiger partial charge on any atom is -0.399 e. The van der Waals surface area contributed by atoms with Gasteiger partial charge in [0, 0.05) is 24.0 Å². The Balaban J connectivity index is 1.57. The standard InChI is InChI=1S/C18H23N3/c1-21(9-8-13-2-5-16(19)6-3-13)18-11-14-4-7-17(20)10-15(14)12-18/h2-7,10,18H,8-9,11-12,19-20H2,1H3. The SMILES string of the molecule is CN(CCc1ccc(N)cc1)C1Cc2ccc(N)cc2C1. The molecule has 3 rings (SSSR count). The zero-order chi connectivity index (χ0) is 14.8. The molecule has 1 aliphatic rings. The van der Waals surface area contributed by atoms with E-state index in [1.54, 1.807) is 0 Å². The van der Waals surface area contributed by atoms with E-state index in [2.05, 4.69) is 36.2 Å². The summed E-state index contributed by atoms with van der Waals surface area (Å²) in [5.74, 6) is 0. The van der Waals surface area contributed by atoms with Crippen LogP contribution in [-0.2, 0) is 19.3 Å². The van der Waals surface area contributed by atoms with Gasteiger partial charge in [-0.15, -0.1) is 0 Å². The zero-order valence-corrected chi connectivity index (χ0v) is 12.5. The normalized spacial score (nSPS) is 17.1. The van der Waals surface area contributed by atoms with Crippen molar-refractivity contribution in [2.24, 2.45) is 0 Å². The Bertz CT molecular complexity index is 619. The molecular weight excluding hydrogens is 258 g/mol. The molecular formula is C18H23N3. The van der Waals surface area contributed by atoms with Gasteiger partial charge in [0.2, 0.25) is 0 Å². The maximum absolute atomic E-state index is 5.88. The third-order valence-electron chi connectivity index (χ3n) is 4.50. The van der Waals surface area contributed by atoms with Crippen molar-refractivity contribution in [3.05, 3.63) is 59.2 Å². The summed E-state index contributed by atoms with van der Waals surface area (Å²) in [5.41, 5.74) is 17.5. The van der Waals surface area contributed by atoms with E-state index in [9.17, 15) is 0 Å². The number of hydrogen-bond acceptors (Lipinski definition) is 3. The number of nitrogens with zero attached hydrogens (tertiary/aromatic N) is 1. The third kappa shape index (κ3) is 3.19. The summed E-state index contributed by atoms with van der Waals surface area (Å²) >= 11 is 0. The monoisotopic (exact) mass is 281 g/mol. The second-order valence-corrected chi connectivity index (χ2v) is 6.06. The highest BCUT2D eigenvalue weighted by Crippen LogP contribution is 2.26. The summed E-state index contributed by atoms with van der Waals surface area (Å²) in [7, 11) is 2.22. The lowest BCUT2D eigenvalue weighted by molar-refractivity contribution is 0.252. The van der Waals surface area contributed by atoms with Crippen LogP contribution in [0.1, 0.15) is 16.7 Å². The van der Waals surface area contributed by atoms with E-state index in [4.69, 9.17) is 11.5 Å². The molecule has 2 aromatic rings. The number of fused-ring (bicyclic) bond motifs is 1. The lowest BCUT2D eigenvalue weighted by Crippen LogP contribution is -2.33. The Morgan fingerprint density at radius 2 is 1.62 bits per heavy atom. The van der Waals surface area contributed by atoms with Gasteiger partial charge in [0.05, 0.1) is 0 Å². The highest BCUT2D eigenvalue weighted by atomic mass is 15.1. The van der Waals surface area contributed by atoms with Crippen molar-refractivity contribution in [2.45, 2.75) is 25.3 Å². The molecule has 3 nitrogen and oxygen atoms in total. The van der Waals surface area contributed by atoms with E-state index in [0.29, 0.717) is 6.04 Å². The molecule has 0 heterocycles. The second kappa shape index (κ2) is 5.78. The van der Waals surface area contributed by atoms with Gasteiger partial charge in [0.15, 0.2) is 0 Å². The van der Waals surface area contributed by atoms with E-state index < -0.39 is 0 Å². The highest BCUT2D eigenvalue weighted by molar-refractivity contribution is 5.47. The molecule has 0 aromatic heterocycles. The lowest BCUT2D eigenvalue weighted by atomic mass is 10.1. The fourth-order valence-electron chi connectivity index (χ4n) is 3.10.